The van der Waals surface area contributed by atoms with Crippen molar-refractivity contribution in [3.8, 4) is 11.4 Å². The molecular formula is C24H30N4O2S. The van der Waals surface area contributed by atoms with Crippen LogP contribution in [0.2, 0.25) is 0 Å². The van der Waals surface area contributed by atoms with Crippen LogP contribution in [0.25, 0.3) is 11.4 Å². The Balaban J connectivity index is 1.57. The van der Waals surface area contributed by atoms with Crippen molar-refractivity contribution in [3.63, 3.8) is 0 Å². The van der Waals surface area contributed by atoms with Crippen LogP contribution in [-0.2, 0) is 16.8 Å². The Morgan fingerprint density at radius 2 is 1.81 bits per heavy atom. The Kier molecular flexibility index (Phi) is 6.51. The first-order valence-electron chi connectivity index (χ1n) is 10.9. The lowest BCUT2D eigenvalue weighted by molar-refractivity contribution is -0.129. The van der Waals surface area contributed by atoms with E-state index >= 15 is 0 Å². The highest BCUT2D eigenvalue weighted by Gasteiger charge is 2.21. The number of furan rings is 1. The molecular weight excluding hydrogens is 408 g/mol. The van der Waals surface area contributed by atoms with Gasteiger partial charge in [0.25, 0.3) is 0 Å². The van der Waals surface area contributed by atoms with E-state index in [1.54, 1.807) is 6.26 Å². The van der Waals surface area contributed by atoms with Crippen LogP contribution in [0.3, 0.4) is 0 Å². The lowest BCUT2D eigenvalue weighted by Gasteiger charge is -2.26. The maximum atomic E-state index is 12.6. The Morgan fingerprint density at radius 1 is 1.06 bits per heavy atom. The number of benzene rings is 1. The van der Waals surface area contributed by atoms with Gasteiger partial charge in [-0.05, 0) is 42.4 Å². The Labute approximate surface area is 188 Å². The summed E-state index contributed by atoms with van der Waals surface area (Å²) in [4.78, 5) is 14.6. The Bertz CT molecular complexity index is 997. The van der Waals surface area contributed by atoms with Gasteiger partial charge < -0.3 is 9.32 Å². The van der Waals surface area contributed by atoms with Gasteiger partial charge in [-0.1, -0.05) is 56.8 Å². The molecule has 0 unspecified atom stereocenters. The van der Waals surface area contributed by atoms with Gasteiger partial charge in [0.1, 0.15) is 5.76 Å². The van der Waals surface area contributed by atoms with E-state index in [9.17, 15) is 4.79 Å². The second-order valence-corrected chi connectivity index (χ2v) is 9.97. The third-order valence-corrected chi connectivity index (χ3v) is 6.61. The quantitative estimate of drug-likeness (QED) is 0.508. The number of carbonyl (C=O) groups excluding carboxylic acids is 1. The molecule has 0 atom stereocenters. The summed E-state index contributed by atoms with van der Waals surface area (Å²) >= 11 is 1.45. The van der Waals surface area contributed by atoms with Gasteiger partial charge in [-0.3, -0.25) is 9.36 Å². The predicted octanol–water partition coefficient (Wildman–Crippen LogP) is 4.99. The molecule has 3 heterocycles. The summed E-state index contributed by atoms with van der Waals surface area (Å²) in [7, 11) is 0. The van der Waals surface area contributed by atoms with E-state index in [2.05, 4.69) is 55.2 Å². The molecule has 1 fully saturated rings. The van der Waals surface area contributed by atoms with Crippen LogP contribution < -0.4 is 0 Å². The number of likely N-dealkylation sites (tertiary alicyclic amines) is 1. The fraction of sp³-hybridized carbons (Fsp3) is 0.458. The summed E-state index contributed by atoms with van der Waals surface area (Å²) in [6.45, 7) is 8.87. The fourth-order valence-electron chi connectivity index (χ4n) is 3.79. The summed E-state index contributed by atoms with van der Waals surface area (Å²) in [6, 6.07) is 12.3. The first kappa shape index (κ1) is 21.7. The maximum absolute atomic E-state index is 12.6. The molecule has 6 nitrogen and oxygen atoms in total. The van der Waals surface area contributed by atoms with Gasteiger partial charge in [0.2, 0.25) is 5.91 Å². The fourth-order valence-corrected chi connectivity index (χ4v) is 4.63. The van der Waals surface area contributed by atoms with Gasteiger partial charge in [-0.2, -0.15) is 0 Å². The molecule has 1 aliphatic rings. The number of aromatic nitrogens is 3. The molecule has 0 bridgehead atoms. The molecule has 1 saturated heterocycles. The average Bonchev–Trinajstić information content (AvgIpc) is 3.42. The van der Waals surface area contributed by atoms with Crippen LogP contribution in [0.1, 0.15) is 51.4 Å². The van der Waals surface area contributed by atoms with E-state index in [0.717, 1.165) is 48.2 Å². The van der Waals surface area contributed by atoms with Gasteiger partial charge >= 0.3 is 0 Å². The summed E-state index contributed by atoms with van der Waals surface area (Å²) in [6.07, 6.45) is 5.08. The summed E-state index contributed by atoms with van der Waals surface area (Å²) < 4.78 is 7.62. The smallest absolute Gasteiger partial charge is 0.233 e. The summed E-state index contributed by atoms with van der Waals surface area (Å²) in [5.41, 5.74) is 2.37. The molecule has 1 aliphatic heterocycles. The highest BCUT2D eigenvalue weighted by atomic mass is 32.2. The van der Waals surface area contributed by atoms with E-state index in [1.807, 2.05) is 21.6 Å². The molecule has 7 heteroatoms. The lowest BCUT2D eigenvalue weighted by atomic mass is 9.87. The van der Waals surface area contributed by atoms with E-state index in [4.69, 9.17) is 4.42 Å². The first-order chi connectivity index (χ1) is 14.9. The van der Waals surface area contributed by atoms with Crippen molar-refractivity contribution in [2.24, 2.45) is 0 Å². The Morgan fingerprint density at radius 3 is 2.45 bits per heavy atom. The molecule has 31 heavy (non-hydrogen) atoms. The number of nitrogens with zero attached hydrogens (tertiary/aromatic N) is 4. The second-order valence-electron chi connectivity index (χ2n) is 9.03. The van der Waals surface area contributed by atoms with Gasteiger partial charge in [-0.15, -0.1) is 10.2 Å². The first-order valence-corrected chi connectivity index (χ1v) is 11.9. The molecule has 0 radical (unpaired) electrons. The van der Waals surface area contributed by atoms with Crippen molar-refractivity contribution in [1.82, 2.24) is 19.7 Å². The van der Waals surface area contributed by atoms with Crippen molar-refractivity contribution >= 4 is 17.7 Å². The molecule has 0 aliphatic carbocycles. The van der Waals surface area contributed by atoms with E-state index in [-0.39, 0.29) is 11.3 Å². The van der Waals surface area contributed by atoms with Crippen LogP contribution in [-0.4, -0.2) is 44.4 Å². The summed E-state index contributed by atoms with van der Waals surface area (Å²) in [5.74, 6) is 2.16. The highest BCUT2D eigenvalue weighted by Crippen LogP contribution is 2.28. The second kappa shape index (κ2) is 9.30. The molecule has 0 saturated carbocycles. The van der Waals surface area contributed by atoms with Crippen LogP contribution in [0.4, 0.5) is 0 Å². The van der Waals surface area contributed by atoms with Crippen LogP contribution in [0, 0.1) is 0 Å². The summed E-state index contributed by atoms with van der Waals surface area (Å²) in [5, 5.41) is 9.63. The molecule has 2 aromatic heterocycles. The van der Waals surface area contributed by atoms with E-state index < -0.39 is 0 Å². The molecule has 1 aromatic carbocycles. The molecule has 3 aromatic rings. The molecule has 1 amide bonds. The molecule has 164 valence electrons. The topological polar surface area (TPSA) is 64.2 Å². The zero-order valence-corrected chi connectivity index (χ0v) is 19.3. The maximum Gasteiger partial charge on any atom is 0.233 e. The molecule has 0 spiro atoms. The number of amides is 1. The van der Waals surface area contributed by atoms with Crippen LogP contribution in [0.5, 0.6) is 0 Å². The largest absolute Gasteiger partial charge is 0.467 e. The number of thioether (sulfide) groups is 1. The minimum atomic E-state index is 0.0934. The normalized spacial score (nSPS) is 14.7. The van der Waals surface area contributed by atoms with Crippen molar-refractivity contribution < 1.29 is 9.21 Å². The van der Waals surface area contributed by atoms with Gasteiger partial charge in [0, 0.05) is 18.7 Å². The average molecular weight is 439 g/mol. The van der Waals surface area contributed by atoms with Gasteiger partial charge in [0.15, 0.2) is 11.0 Å². The number of hydrogen-bond donors (Lipinski definition) is 0. The third-order valence-electron chi connectivity index (χ3n) is 5.65. The van der Waals surface area contributed by atoms with Crippen molar-refractivity contribution in [1.29, 1.82) is 0 Å². The monoisotopic (exact) mass is 438 g/mol. The van der Waals surface area contributed by atoms with Gasteiger partial charge in [-0.25, -0.2) is 0 Å². The zero-order chi connectivity index (χ0) is 21.8. The minimum Gasteiger partial charge on any atom is -0.467 e. The van der Waals surface area contributed by atoms with Crippen LogP contribution in [0.15, 0.2) is 52.2 Å². The highest BCUT2D eigenvalue weighted by molar-refractivity contribution is 7.99. The predicted molar refractivity (Wildman–Crippen MR) is 123 cm³/mol. The van der Waals surface area contributed by atoms with Crippen molar-refractivity contribution in [2.75, 3.05) is 18.8 Å². The van der Waals surface area contributed by atoms with Crippen LogP contribution >= 0.6 is 11.8 Å². The standard InChI is InChI=1S/C24H30N4O2S/c1-24(2,3)19-11-9-18(10-12-19)22-25-26-23(28(22)16-20-8-7-15-30-20)31-17-21(29)27-13-5-4-6-14-27/h7-12,15H,4-6,13-14,16-17H2,1-3H3. The Hall–Kier alpha value is -2.54. The number of rotatable bonds is 6. The SMILES string of the molecule is CC(C)(C)c1ccc(-c2nnc(SCC(=O)N3CCCCC3)n2Cc2ccco2)cc1. The zero-order valence-electron chi connectivity index (χ0n) is 18.5. The number of hydrogen-bond acceptors (Lipinski definition) is 5. The van der Waals surface area contributed by atoms with Crippen molar-refractivity contribution in [2.45, 2.75) is 57.1 Å². The number of piperidine rings is 1. The van der Waals surface area contributed by atoms with E-state index in [0.29, 0.717) is 12.3 Å². The third kappa shape index (κ3) is 5.21. The lowest BCUT2D eigenvalue weighted by Crippen LogP contribution is -2.36. The van der Waals surface area contributed by atoms with E-state index in [1.165, 1.54) is 23.7 Å². The van der Waals surface area contributed by atoms with Gasteiger partial charge in [0.05, 0.1) is 18.6 Å². The number of carbonyl (C=O) groups is 1. The molecule has 0 N–H and O–H groups in total. The molecule has 4 rings (SSSR count). The minimum absolute atomic E-state index is 0.0934. The van der Waals surface area contributed by atoms with Crippen molar-refractivity contribution in [3.05, 3.63) is 54.0 Å².